The van der Waals surface area contributed by atoms with Gasteiger partial charge >= 0.3 is 0 Å². The molecule has 1 saturated carbocycles. The van der Waals surface area contributed by atoms with Crippen molar-refractivity contribution < 1.29 is 4.79 Å². The minimum absolute atomic E-state index is 0.0455. The van der Waals surface area contributed by atoms with Crippen molar-refractivity contribution in [3.05, 3.63) is 46.7 Å². The lowest BCUT2D eigenvalue weighted by molar-refractivity contribution is -0.115. The van der Waals surface area contributed by atoms with Crippen LogP contribution >= 0.6 is 23.1 Å². The van der Waals surface area contributed by atoms with Crippen LogP contribution in [0.3, 0.4) is 0 Å². The van der Waals surface area contributed by atoms with Gasteiger partial charge < -0.3 is 0 Å². The molecule has 1 aliphatic rings. The smallest absolute Gasteiger partial charge is 0.230 e. The first-order chi connectivity index (χ1) is 13.1. The van der Waals surface area contributed by atoms with Crippen LogP contribution < -0.4 is 4.90 Å². The second kappa shape index (κ2) is 7.82. The van der Waals surface area contributed by atoms with Gasteiger partial charge in [-0.1, -0.05) is 30.8 Å². The third-order valence-electron chi connectivity index (χ3n) is 4.44. The van der Waals surface area contributed by atoms with Crippen molar-refractivity contribution in [2.75, 3.05) is 4.90 Å². The van der Waals surface area contributed by atoms with Crippen molar-refractivity contribution in [1.82, 2.24) is 20.2 Å². The molecule has 1 amide bonds. The monoisotopic (exact) mass is 399 g/mol. The number of aromatic amines is 1. The van der Waals surface area contributed by atoms with Crippen LogP contribution in [0, 0.1) is 0 Å². The fraction of sp³-hybridized carbons (Fsp3) is 0.368. The first kappa shape index (κ1) is 18.2. The molecule has 1 aromatic carbocycles. The van der Waals surface area contributed by atoms with Gasteiger partial charge in [-0.25, -0.2) is 9.97 Å². The first-order valence-corrected chi connectivity index (χ1v) is 10.9. The van der Waals surface area contributed by atoms with Gasteiger partial charge in [-0.3, -0.25) is 14.8 Å². The number of aromatic nitrogens is 4. The van der Waals surface area contributed by atoms with E-state index in [0.717, 1.165) is 28.8 Å². The van der Waals surface area contributed by atoms with Crippen LogP contribution in [-0.4, -0.2) is 26.1 Å². The summed E-state index contributed by atoms with van der Waals surface area (Å²) in [7, 11) is 0. The second-order valence-corrected chi connectivity index (χ2v) is 8.34. The van der Waals surface area contributed by atoms with E-state index >= 15 is 0 Å². The Kier molecular flexibility index (Phi) is 5.27. The molecular weight excluding hydrogens is 378 g/mol. The van der Waals surface area contributed by atoms with Gasteiger partial charge in [0.25, 0.3) is 0 Å². The van der Waals surface area contributed by atoms with Crippen molar-refractivity contribution in [1.29, 1.82) is 0 Å². The molecule has 0 saturated heterocycles. The molecular formula is C19H21N5OS2. The quantitative estimate of drug-likeness (QED) is 0.584. The van der Waals surface area contributed by atoms with Crippen molar-refractivity contribution in [2.24, 2.45) is 0 Å². The molecule has 1 fully saturated rings. The van der Waals surface area contributed by atoms with E-state index in [1.54, 1.807) is 23.6 Å². The lowest BCUT2D eigenvalue weighted by atomic mass is 10.1. The fourth-order valence-corrected chi connectivity index (χ4v) is 4.46. The van der Waals surface area contributed by atoms with Gasteiger partial charge in [0, 0.05) is 24.0 Å². The first-order valence-electron chi connectivity index (χ1n) is 9.03. The number of thioether (sulfide) groups is 1. The average Bonchev–Trinajstić information content (AvgIpc) is 3.24. The Hall–Kier alpha value is -2.19. The minimum atomic E-state index is -0.0455. The molecule has 3 aromatic rings. The van der Waals surface area contributed by atoms with E-state index < -0.39 is 0 Å². The topological polar surface area (TPSA) is 74.8 Å². The van der Waals surface area contributed by atoms with Crippen LogP contribution in [0.2, 0.25) is 0 Å². The van der Waals surface area contributed by atoms with Crippen LogP contribution in [0.1, 0.15) is 49.7 Å². The van der Waals surface area contributed by atoms with Crippen LogP contribution in [0.25, 0.3) is 0 Å². The molecule has 0 radical (unpaired) electrons. The summed E-state index contributed by atoms with van der Waals surface area (Å²) < 4.78 is 0. The number of hydrogen-bond donors (Lipinski definition) is 1. The molecule has 4 rings (SSSR count). The fourth-order valence-electron chi connectivity index (χ4n) is 2.77. The molecule has 0 atom stereocenters. The van der Waals surface area contributed by atoms with Crippen molar-refractivity contribution in [3.63, 3.8) is 0 Å². The van der Waals surface area contributed by atoms with Gasteiger partial charge in [0.2, 0.25) is 11.1 Å². The van der Waals surface area contributed by atoms with Crippen molar-refractivity contribution in [3.8, 4) is 0 Å². The van der Waals surface area contributed by atoms with Crippen LogP contribution in [0.5, 0.6) is 0 Å². The molecule has 1 N–H and O–H groups in total. The van der Waals surface area contributed by atoms with Crippen LogP contribution in [0.4, 0.5) is 10.8 Å². The molecule has 2 heterocycles. The third-order valence-corrected chi connectivity index (χ3v) is 6.20. The standard InChI is InChI=1S/C19H21N5OS2/c1-3-13-4-8-16(9-5-13)24(12(2)25)19-20-15(11-27-19)10-26-18-21-17(22-23-18)14-6-7-14/h4-5,8-9,11,14H,3,6-7,10H2,1-2H3,(H,21,22,23). The number of carbonyl (C=O) groups is 1. The summed E-state index contributed by atoms with van der Waals surface area (Å²) in [5.41, 5.74) is 3.01. The average molecular weight is 400 g/mol. The summed E-state index contributed by atoms with van der Waals surface area (Å²) in [5.74, 6) is 2.20. The summed E-state index contributed by atoms with van der Waals surface area (Å²) in [6.07, 6.45) is 3.38. The SMILES string of the molecule is CCc1ccc(N(C(C)=O)c2nc(CSc3n[nH]c(C4CC4)n3)cs2)cc1. The Morgan fingerprint density at radius 2 is 2.07 bits per heavy atom. The highest BCUT2D eigenvalue weighted by molar-refractivity contribution is 7.98. The number of carbonyl (C=O) groups excluding carboxylic acids is 1. The zero-order valence-electron chi connectivity index (χ0n) is 15.3. The molecule has 0 bridgehead atoms. The number of hydrogen-bond acceptors (Lipinski definition) is 6. The molecule has 2 aromatic heterocycles. The van der Waals surface area contributed by atoms with Gasteiger partial charge in [-0.15, -0.1) is 16.4 Å². The van der Waals surface area contributed by atoms with Gasteiger partial charge in [0.1, 0.15) is 5.82 Å². The van der Waals surface area contributed by atoms with E-state index in [1.807, 2.05) is 17.5 Å². The zero-order valence-corrected chi connectivity index (χ0v) is 16.9. The summed E-state index contributed by atoms with van der Waals surface area (Å²) in [4.78, 5) is 23.1. The molecule has 1 aliphatic carbocycles. The van der Waals surface area contributed by atoms with Crippen LogP contribution in [0.15, 0.2) is 34.8 Å². The second-order valence-electron chi connectivity index (χ2n) is 6.56. The van der Waals surface area contributed by atoms with Gasteiger partial charge in [0.05, 0.1) is 11.4 Å². The maximum atomic E-state index is 12.2. The number of nitrogens with one attached hydrogen (secondary N) is 1. The predicted octanol–water partition coefficient (Wildman–Crippen LogP) is 4.68. The van der Waals surface area contributed by atoms with Crippen LogP contribution in [-0.2, 0) is 17.0 Å². The zero-order chi connectivity index (χ0) is 18.8. The van der Waals surface area contributed by atoms with Gasteiger partial charge in [0.15, 0.2) is 5.13 Å². The molecule has 140 valence electrons. The van der Waals surface area contributed by atoms with Crippen molar-refractivity contribution in [2.45, 2.75) is 49.9 Å². The number of H-pyrrole nitrogens is 1. The van der Waals surface area contributed by atoms with E-state index in [0.29, 0.717) is 16.8 Å². The number of anilines is 2. The largest absolute Gasteiger partial charge is 0.274 e. The van der Waals surface area contributed by atoms with E-state index in [4.69, 9.17) is 0 Å². The highest BCUT2D eigenvalue weighted by atomic mass is 32.2. The normalized spacial score (nSPS) is 13.7. The minimum Gasteiger partial charge on any atom is -0.274 e. The summed E-state index contributed by atoms with van der Waals surface area (Å²) in [6.45, 7) is 3.68. The molecule has 0 aliphatic heterocycles. The summed E-state index contributed by atoms with van der Waals surface area (Å²) in [5, 5.41) is 10.7. The lowest BCUT2D eigenvalue weighted by Crippen LogP contribution is -2.22. The molecule has 6 nitrogen and oxygen atoms in total. The number of benzene rings is 1. The lowest BCUT2D eigenvalue weighted by Gasteiger charge is -2.18. The number of amides is 1. The summed E-state index contributed by atoms with van der Waals surface area (Å²) >= 11 is 3.04. The number of aryl methyl sites for hydroxylation is 1. The summed E-state index contributed by atoms with van der Waals surface area (Å²) in [6, 6.07) is 8.05. The molecule has 0 unspecified atom stereocenters. The van der Waals surface area contributed by atoms with E-state index in [9.17, 15) is 4.79 Å². The number of thiazole rings is 1. The Bertz CT molecular complexity index is 930. The van der Waals surface area contributed by atoms with E-state index in [2.05, 4.69) is 39.2 Å². The maximum absolute atomic E-state index is 12.2. The predicted molar refractivity (Wildman–Crippen MR) is 109 cm³/mol. The highest BCUT2D eigenvalue weighted by Crippen LogP contribution is 2.38. The third kappa shape index (κ3) is 4.22. The van der Waals surface area contributed by atoms with E-state index in [1.165, 1.54) is 29.7 Å². The Labute approximate surface area is 166 Å². The maximum Gasteiger partial charge on any atom is 0.230 e. The molecule has 8 heteroatoms. The highest BCUT2D eigenvalue weighted by Gasteiger charge is 2.27. The van der Waals surface area contributed by atoms with Crippen molar-refractivity contribution >= 4 is 39.8 Å². The number of nitrogens with zero attached hydrogens (tertiary/aromatic N) is 4. The Morgan fingerprint density at radius 3 is 2.74 bits per heavy atom. The van der Waals surface area contributed by atoms with E-state index in [-0.39, 0.29) is 5.91 Å². The van der Waals surface area contributed by atoms with Gasteiger partial charge in [-0.2, -0.15) is 0 Å². The Morgan fingerprint density at radius 1 is 1.30 bits per heavy atom. The van der Waals surface area contributed by atoms with Gasteiger partial charge in [-0.05, 0) is 37.0 Å². The Balaban J connectivity index is 1.45. The number of rotatable bonds is 7. The molecule has 27 heavy (non-hydrogen) atoms. The molecule has 0 spiro atoms.